The molecule has 82 valence electrons. The van der Waals surface area contributed by atoms with Gasteiger partial charge in [-0.2, -0.15) is 4.98 Å². The number of hydrogen-bond acceptors (Lipinski definition) is 5. The van der Waals surface area contributed by atoms with Crippen LogP contribution in [0.4, 0.5) is 0 Å². The van der Waals surface area contributed by atoms with Gasteiger partial charge in [-0.15, -0.1) is 5.10 Å². The van der Waals surface area contributed by atoms with E-state index in [1.807, 2.05) is 0 Å². The van der Waals surface area contributed by atoms with E-state index in [-0.39, 0.29) is 11.8 Å². The first-order chi connectivity index (χ1) is 7.65. The van der Waals surface area contributed by atoms with Crippen LogP contribution in [0.2, 0.25) is 0 Å². The van der Waals surface area contributed by atoms with E-state index in [0.29, 0.717) is 11.4 Å². The standard InChI is InChI=1S/C10H10N4O2/c1-7(15)8-3-4-11-9(5-8)16-10-12-6-14(2)13-10/h3-6H,1-2H3. The SMILES string of the molecule is CC(=O)c1ccnc(Oc2ncn(C)n2)c1. The molecule has 0 aliphatic carbocycles. The van der Waals surface area contributed by atoms with E-state index < -0.39 is 0 Å². The largest absolute Gasteiger partial charge is 0.404 e. The predicted octanol–water partition coefficient (Wildman–Crippen LogP) is 1.20. The molecule has 0 aromatic carbocycles. The fraction of sp³-hybridized carbons (Fsp3) is 0.200. The maximum absolute atomic E-state index is 11.1. The summed E-state index contributed by atoms with van der Waals surface area (Å²) in [5, 5.41) is 3.94. The van der Waals surface area contributed by atoms with Crippen molar-refractivity contribution in [3.8, 4) is 11.9 Å². The Balaban J connectivity index is 2.21. The highest BCUT2D eigenvalue weighted by atomic mass is 16.5. The number of ketones is 1. The minimum Gasteiger partial charge on any atom is -0.404 e. The van der Waals surface area contributed by atoms with Crippen molar-refractivity contribution in [3.63, 3.8) is 0 Å². The quantitative estimate of drug-likeness (QED) is 0.724. The second-order valence-electron chi connectivity index (χ2n) is 3.24. The molecule has 0 aliphatic heterocycles. The van der Waals surface area contributed by atoms with E-state index in [4.69, 9.17) is 4.74 Å². The van der Waals surface area contributed by atoms with Crippen molar-refractivity contribution >= 4 is 5.78 Å². The number of aryl methyl sites for hydroxylation is 1. The van der Waals surface area contributed by atoms with E-state index in [9.17, 15) is 4.79 Å². The summed E-state index contributed by atoms with van der Waals surface area (Å²) >= 11 is 0. The van der Waals surface area contributed by atoms with E-state index in [1.165, 1.54) is 24.1 Å². The number of aromatic nitrogens is 4. The average Bonchev–Trinajstić information content (AvgIpc) is 2.64. The lowest BCUT2D eigenvalue weighted by atomic mass is 10.2. The van der Waals surface area contributed by atoms with Gasteiger partial charge in [-0.25, -0.2) is 4.98 Å². The first kappa shape index (κ1) is 10.3. The van der Waals surface area contributed by atoms with Crippen LogP contribution in [0.1, 0.15) is 17.3 Å². The zero-order chi connectivity index (χ0) is 11.5. The van der Waals surface area contributed by atoms with Crippen molar-refractivity contribution in [3.05, 3.63) is 30.2 Å². The van der Waals surface area contributed by atoms with Crippen LogP contribution in [0, 0.1) is 0 Å². The lowest BCUT2D eigenvalue weighted by Crippen LogP contribution is -1.96. The zero-order valence-corrected chi connectivity index (χ0v) is 8.91. The summed E-state index contributed by atoms with van der Waals surface area (Å²) in [6, 6.07) is 3.38. The number of carbonyl (C=O) groups excluding carboxylic acids is 1. The summed E-state index contributed by atoms with van der Waals surface area (Å²) in [5.41, 5.74) is 0.543. The van der Waals surface area contributed by atoms with Crippen LogP contribution in [-0.2, 0) is 7.05 Å². The van der Waals surface area contributed by atoms with E-state index in [0.717, 1.165) is 0 Å². The highest BCUT2D eigenvalue weighted by Gasteiger charge is 2.05. The Labute approximate surface area is 91.9 Å². The minimum atomic E-state index is -0.0405. The molecule has 2 rings (SSSR count). The Morgan fingerprint density at radius 1 is 1.44 bits per heavy atom. The molecule has 0 unspecified atom stereocenters. The molecule has 0 radical (unpaired) electrons. The average molecular weight is 218 g/mol. The van der Waals surface area contributed by atoms with Gasteiger partial charge in [0.25, 0.3) is 0 Å². The van der Waals surface area contributed by atoms with Gasteiger partial charge in [0.15, 0.2) is 5.78 Å². The molecule has 0 spiro atoms. The predicted molar refractivity (Wildman–Crippen MR) is 55.3 cm³/mol. The Morgan fingerprint density at radius 2 is 2.25 bits per heavy atom. The number of Topliss-reactive ketones (excluding diaryl/α,β-unsaturated/α-hetero) is 1. The molecule has 6 nitrogen and oxygen atoms in total. The lowest BCUT2D eigenvalue weighted by Gasteiger charge is -2.00. The normalized spacial score (nSPS) is 10.1. The maximum Gasteiger partial charge on any atom is 0.342 e. The van der Waals surface area contributed by atoms with Gasteiger partial charge in [0.1, 0.15) is 6.33 Å². The summed E-state index contributed by atoms with van der Waals surface area (Å²) in [6.07, 6.45) is 3.03. The number of ether oxygens (including phenoxy) is 1. The van der Waals surface area contributed by atoms with Crippen LogP contribution < -0.4 is 4.74 Å². The number of pyridine rings is 1. The van der Waals surface area contributed by atoms with Gasteiger partial charge < -0.3 is 4.74 Å². The van der Waals surface area contributed by atoms with Gasteiger partial charge in [-0.1, -0.05) is 0 Å². The Kier molecular flexibility index (Phi) is 2.63. The van der Waals surface area contributed by atoms with Crippen LogP contribution in [0.3, 0.4) is 0 Å². The zero-order valence-electron chi connectivity index (χ0n) is 8.91. The van der Waals surface area contributed by atoms with E-state index >= 15 is 0 Å². The van der Waals surface area contributed by atoms with Crippen LogP contribution in [0.15, 0.2) is 24.7 Å². The third-order valence-electron chi connectivity index (χ3n) is 1.92. The summed E-state index contributed by atoms with van der Waals surface area (Å²) in [6.45, 7) is 1.48. The van der Waals surface area contributed by atoms with Gasteiger partial charge >= 0.3 is 6.01 Å². The van der Waals surface area contributed by atoms with E-state index in [1.54, 1.807) is 19.2 Å². The van der Waals surface area contributed by atoms with Crippen LogP contribution in [-0.4, -0.2) is 25.5 Å². The summed E-state index contributed by atoms with van der Waals surface area (Å²) in [5.74, 6) is 0.264. The molecule has 0 fully saturated rings. The topological polar surface area (TPSA) is 69.9 Å². The molecule has 0 N–H and O–H groups in total. The fourth-order valence-corrected chi connectivity index (χ4v) is 1.14. The van der Waals surface area contributed by atoms with Gasteiger partial charge in [0.2, 0.25) is 5.88 Å². The van der Waals surface area contributed by atoms with E-state index in [2.05, 4.69) is 15.1 Å². The van der Waals surface area contributed by atoms with Crippen molar-refractivity contribution in [2.45, 2.75) is 6.92 Å². The molecule has 16 heavy (non-hydrogen) atoms. The molecule has 0 saturated heterocycles. The molecular formula is C10H10N4O2. The molecular weight excluding hydrogens is 208 g/mol. The lowest BCUT2D eigenvalue weighted by molar-refractivity contribution is 0.101. The van der Waals surface area contributed by atoms with Crippen molar-refractivity contribution in [2.24, 2.45) is 7.05 Å². The monoisotopic (exact) mass is 218 g/mol. The van der Waals surface area contributed by atoms with Crippen molar-refractivity contribution < 1.29 is 9.53 Å². The van der Waals surface area contributed by atoms with Gasteiger partial charge in [-0.05, 0) is 13.0 Å². The van der Waals surface area contributed by atoms with Gasteiger partial charge in [0, 0.05) is 24.9 Å². The summed E-state index contributed by atoms with van der Waals surface area (Å²) in [7, 11) is 1.74. The molecule has 0 amide bonds. The molecule has 2 aromatic heterocycles. The number of carbonyl (C=O) groups is 1. The van der Waals surface area contributed by atoms with Crippen LogP contribution in [0.25, 0.3) is 0 Å². The smallest absolute Gasteiger partial charge is 0.342 e. The molecule has 0 atom stereocenters. The highest BCUT2D eigenvalue weighted by molar-refractivity contribution is 5.94. The number of hydrogen-bond donors (Lipinski definition) is 0. The number of rotatable bonds is 3. The second kappa shape index (κ2) is 4.09. The van der Waals surface area contributed by atoms with Crippen LogP contribution in [0.5, 0.6) is 11.9 Å². The molecule has 0 bridgehead atoms. The van der Waals surface area contributed by atoms with Crippen molar-refractivity contribution in [1.29, 1.82) is 0 Å². The summed E-state index contributed by atoms with van der Waals surface area (Å²) < 4.78 is 6.80. The Bertz CT molecular complexity index is 521. The minimum absolute atomic E-state index is 0.0405. The molecule has 2 aromatic rings. The maximum atomic E-state index is 11.1. The Morgan fingerprint density at radius 3 is 2.88 bits per heavy atom. The van der Waals surface area contributed by atoms with Crippen LogP contribution >= 0.6 is 0 Å². The van der Waals surface area contributed by atoms with Gasteiger partial charge in [0.05, 0.1) is 0 Å². The summed E-state index contributed by atoms with van der Waals surface area (Å²) in [4.78, 5) is 19.0. The first-order valence-corrected chi connectivity index (χ1v) is 4.65. The molecule has 0 aliphatic rings. The molecule has 2 heterocycles. The molecule has 0 saturated carbocycles. The van der Waals surface area contributed by atoms with Gasteiger partial charge in [-0.3, -0.25) is 9.48 Å². The third-order valence-corrected chi connectivity index (χ3v) is 1.92. The molecule has 6 heteroatoms. The third kappa shape index (κ3) is 2.22. The first-order valence-electron chi connectivity index (χ1n) is 4.65. The highest BCUT2D eigenvalue weighted by Crippen LogP contribution is 2.15. The second-order valence-corrected chi connectivity index (χ2v) is 3.24. The fourth-order valence-electron chi connectivity index (χ4n) is 1.14. The number of nitrogens with zero attached hydrogens (tertiary/aromatic N) is 4. The Hall–Kier alpha value is -2.24. The van der Waals surface area contributed by atoms with Crippen molar-refractivity contribution in [1.82, 2.24) is 19.7 Å². The van der Waals surface area contributed by atoms with Crippen molar-refractivity contribution in [2.75, 3.05) is 0 Å².